The molecule has 1 N–H and O–H groups in total. The number of carboxylic acid groups (broad SMARTS) is 1. The Labute approximate surface area is 90.7 Å². The van der Waals surface area contributed by atoms with Crippen LogP contribution in [-0.4, -0.2) is 35.5 Å². The fourth-order valence-corrected chi connectivity index (χ4v) is 0.725. The Balaban J connectivity index is 5.21. The molecule has 0 aliphatic carbocycles. The van der Waals surface area contributed by atoms with Gasteiger partial charge in [-0.15, -0.1) is 0 Å². The highest BCUT2D eigenvalue weighted by Gasteiger charge is 2.66. The Morgan fingerprint density at radius 1 is 1.12 bits per heavy atom. The van der Waals surface area contributed by atoms with Crippen molar-refractivity contribution in [2.75, 3.05) is 0 Å². The molecule has 0 saturated heterocycles. The van der Waals surface area contributed by atoms with E-state index in [0.29, 0.717) is 6.92 Å². The van der Waals surface area contributed by atoms with Gasteiger partial charge in [0.2, 0.25) is 0 Å². The molecule has 0 aliphatic heterocycles. The number of rotatable bonds is 5. The SMILES string of the molecule is CC(=CC(F)C(F)(F)C(F)(F)C(F)F)C(=O)O. The highest BCUT2D eigenvalue weighted by atomic mass is 19.3. The number of aliphatic carboxylic acids is 1. The summed E-state index contributed by atoms with van der Waals surface area (Å²) in [7, 11) is 0. The van der Waals surface area contributed by atoms with Gasteiger partial charge in [-0.25, -0.2) is 18.0 Å². The predicted octanol–water partition coefficient (Wildman–Crippen LogP) is 2.89. The van der Waals surface area contributed by atoms with Crippen molar-refractivity contribution in [3.05, 3.63) is 11.6 Å². The molecule has 0 spiro atoms. The van der Waals surface area contributed by atoms with Gasteiger partial charge in [0.1, 0.15) is 0 Å². The molecule has 2 nitrogen and oxygen atoms in total. The van der Waals surface area contributed by atoms with Gasteiger partial charge in [0, 0.05) is 5.57 Å². The Kier molecular flexibility index (Phi) is 4.55. The third-order valence-electron chi connectivity index (χ3n) is 1.80. The molecular weight excluding hydrogens is 261 g/mol. The van der Waals surface area contributed by atoms with E-state index in [4.69, 9.17) is 5.11 Å². The van der Waals surface area contributed by atoms with E-state index in [1.807, 2.05) is 0 Å². The lowest BCUT2D eigenvalue weighted by Crippen LogP contribution is -2.51. The van der Waals surface area contributed by atoms with E-state index in [0.717, 1.165) is 0 Å². The second-order valence-electron chi connectivity index (χ2n) is 3.10. The normalized spacial score (nSPS) is 16.2. The minimum Gasteiger partial charge on any atom is -0.478 e. The fraction of sp³-hybridized carbons (Fsp3) is 0.625. The monoisotopic (exact) mass is 268 g/mol. The maximum Gasteiger partial charge on any atom is 0.372 e. The molecule has 0 heterocycles. The van der Waals surface area contributed by atoms with Gasteiger partial charge in [0.05, 0.1) is 0 Å². The van der Waals surface area contributed by atoms with Crippen LogP contribution in [0.3, 0.4) is 0 Å². The Morgan fingerprint density at radius 2 is 1.53 bits per heavy atom. The lowest BCUT2D eigenvalue weighted by Gasteiger charge is -2.27. The summed E-state index contributed by atoms with van der Waals surface area (Å²) in [6, 6.07) is 0. The Bertz CT molecular complexity index is 324. The van der Waals surface area contributed by atoms with Crippen molar-refractivity contribution in [2.24, 2.45) is 0 Å². The van der Waals surface area contributed by atoms with Crippen LogP contribution in [0.1, 0.15) is 6.92 Å². The maximum atomic E-state index is 12.7. The molecule has 0 aromatic rings. The molecule has 9 heteroatoms. The molecule has 1 atom stereocenters. The van der Waals surface area contributed by atoms with Gasteiger partial charge in [-0.1, -0.05) is 0 Å². The summed E-state index contributed by atoms with van der Waals surface area (Å²) in [5, 5.41) is 8.19. The minimum absolute atomic E-state index is 0.349. The van der Waals surface area contributed by atoms with Gasteiger partial charge < -0.3 is 5.11 Å². The van der Waals surface area contributed by atoms with Crippen LogP contribution in [0.15, 0.2) is 11.6 Å². The fourth-order valence-electron chi connectivity index (χ4n) is 0.725. The first kappa shape index (κ1) is 15.7. The van der Waals surface area contributed by atoms with Crippen molar-refractivity contribution in [1.82, 2.24) is 0 Å². The lowest BCUT2D eigenvalue weighted by molar-refractivity contribution is -0.278. The van der Waals surface area contributed by atoms with E-state index in [1.54, 1.807) is 0 Å². The maximum absolute atomic E-state index is 12.7. The molecule has 17 heavy (non-hydrogen) atoms. The van der Waals surface area contributed by atoms with Crippen molar-refractivity contribution in [1.29, 1.82) is 0 Å². The van der Waals surface area contributed by atoms with E-state index in [-0.39, 0.29) is 6.08 Å². The summed E-state index contributed by atoms with van der Waals surface area (Å²) >= 11 is 0. The number of halogens is 7. The predicted molar refractivity (Wildman–Crippen MR) is 42.2 cm³/mol. The first-order chi connectivity index (χ1) is 7.44. The van der Waals surface area contributed by atoms with Gasteiger partial charge >= 0.3 is 24.2 Å². The highest BCUT2D eigenvalue weighted by molar-refractivity contribution is 5.85. The van der Waals surface area contributed by atoms with Crippen LogP contribution in [0.2, 0.25) is 0 Å². The summed E-state index contributed by atoms with van der Waals surface area (Å²) in [5.74, 6) is -13.4. The average molecular weight is 268 g/mol. The topological polar surface area (TPSA) is 37.3 Å². The molecule has 0 saturated carbocycles. The van der Waals surface area contributed by atoms with Crippen molar-refractivity contribution >= 4 is 5.97 Å². The van der Waals surface area contributed by atoms with Crippen LogP contribution in [0.25, 0.3) is 0 Å². The van der Waals surface area contributed by atoms with Crippen LogP contribution >= 0.6 is 0 Å². The number of allylic oxidation sites excluding steroid dienone is 1. The number of hydrogen-bond donors (Lipinski definition) is 1. The number of carboxylic acids is 1. The summed E-state index contributed by atoms with van der Waals surface area (Å²) in [6.07, 6.45) is -8.95. The molecule has 0 aromatic carbocycles. The van der Waals surface area contributed by atoms with Crippen molar-refractivity contribution in [2.45, 2.75) is 31.4 Å². The number of alkyl halides is 7. The smallest absolute Gasteiger partial charge is 0.372 e. The zero-order chi connectivity index (χ0) is 14.0. The quantitative estimate of drug-likeness (QED) is 0.615. The molecular formula is C8H7F7O2. The standard InChI is InChI=1S/C8H7F7O2/c1-3(5(16)17)2-4(9)7(12,13)8(14,15)6(10)11/h2,4,6H,1H3,(H,16,17). The van der Waals surface area contributed by atoms with Crippen LogP contribution in [-0.2, 0) is 4.79 Å². The van der Waals surface area contributed by atoms with E-state index in [2.05, 4.69) is 0 Å². The molecule has 0 aromatic heterocycles. The first-order valence-corrected chi connectivity index (χ1v) is 4.04. The summed E-state index contributed by atoms with van der Waals surface area (Å²) < 4.78 is 85.9. The zero-order valence-electron chi connectivity index (χ0n) is 8.23. The van der Waals surface area contributed by atoms with Crippen molar-refractivity contribution < 1.29 is 40.6 Å². The summed E-state index contributed by atoms with van der Waals surface area (Å²) in [4.78, 5) is 10.1. The largest absolute Gasteiger partial charge is 0.478 e. The van der Waals surface area contributed by atoms with Gasteiger partial charge in [-0.3, -0.25) is 0 Å². The van der Waals surface area contributed by atoms with E-state index in [1.165, 1.54) is 0 Å². The third-order valence-corrected chi connectivity index (χ3v) is 1.80. The highest BCUT2D eigenvalue weighted by Crippen LogP contribution is 2.43. The molecule has 0 rings (SSSR count). The molecule has 0 radical (unpaired) electrons. The van der Waals surface area contributed by atoms with E-state index >= 15 is 0 Å². The van der Waals surface area contributed by atoms with Crippen LogP contribution in [0, 0.1) is 0 Å². The molecule has 100 valence electrons. The second-order valence-corrected chi connectivity index (χ2v) is 3.10. The van der Waals surface area contributed by atoms with Gasteiger partial charge in [-0.2, -0.15) is 17.6 Å². The van der Waals surface area contributed by atoms with Crippen LogP contribution in [0.5, 0.6) is 0 Å². The van der Waals surface area contributed by atoms with Crippen molar-refractivity contribution in [3.8, 4) is 0 Å². The summed E-state index contributed by atoms with van der Waals surface area (Å²) in [6.45, 7) is 0.658. The minimum atomic E-state index is -5.89. The summed E-state index contributed by atoms with van der Waals surface area (Å²) in [5.41, 5.74) is -0.998. The number of hydrogen-bond acceptors (Lipinski definition) is 1. The Hall–Kier alpha value is -1.28. The molecule has 0 amide bonds. The lowest BCUT2D eigenvalue weighted by atomic mass is 10.0. The third kappa shape index (κ3) is 3.10. The molecule has 0 bridgehead atoms. The molecule has 0 fully saturated rings. The first-order valence-electron chi connectivity index (χ1n) is 4.04. The molecule has 0 aliphatic rings. The van der Waals surface area contributed by atoms with E-state index in [9.17, 15) is 35.5 Å². The van der Waals surface area contributed by atoms with Gasteiger partial charge in [-0.05, 0) is 13.0 Å². The van der Waals surface area contributed by atoms with Crippen LogP contribution in [0.4, 0.5) is 30.7 Å². The molecule has 1 unspecified atom stereocenters. The number of carbonyl (C=O) groups is 1. The average Bonchev–Trinajstić information content (AvgIpc) is 2.16. The zero-order valence-corrected chi connectivity index (χ0v) is 8.23. The van der Waals surface area contributed by atoms with Gasteiger partial charge in [0.25, 0.3) is 0 Å². The Morgan fingerprint density at radius 3 is 1.82 bits per heavy atom. The van der Waals surface area contributed by atoms with Gasteiger partial charge in [0.15, 0.2) is 6.17 Å². The van der Waals surface area contributed by atoms with E-state index < -0.39 is 36.0 Å². The van der Waals surface area contributed by atoms with Crippen molar-refractivity contribution in [3.63, 3.8) is 0 Å². The second kappa shape index (κ2) is 4.92. The van der Waals surface area contributed by atoms with Crippen LogP contribution < -0.4 is 0 Å².